The van der Waals surface area contributed by atoms with Crippen molar-refractivity contribution in [3.63, 3.8) is 0 Å². The maximum atomic E-state index is 11.9. The molecule has 0 N–H and O–H groups in total. The van der Waals surface area contributed by atoms with E-state index in [2.05, 4.69) is 6.07 Å². The first-order valence-electron chi connectivity index (χ1n) is 8.60. The largest absolute Gasteiger partial charge is 0.490 e. The topological polar surface area (TPSA) is 72.5 Å². The van der Waals surface area contributed by atoms with E-state index in [-0.39, 0.29) is 6.61 Å². The van der Waals surface area contributed by atoms with Gasteiger partial charge in [-0.2, -0.15) is 5.26 Å². The molecule has 3 rings (SSSR count). The van der Waals surface area contributed by atoms with E-state index in [1.54, 1.807) is 30.3 Å². The van der Waals surface area contributed by atoms with Crippen molar-refractivity contribution < 1.29 is 13.9 Å². The Kier molecular flexibility index (Phi) is 5.68. The fraction of sp³-hybridized carbons (Fsp3) is 0.238. The van der Waals surface area contributed by atoms with Gasteiger partial charge < -0.3 is 13.9 Å². The Bertz CT molecular complexity index is 1080. The molecule has 0 unspecified atom stereocenters. The summed E-state index contributed by atoms with van der Waals surface area (Å²) >= 11 is 6.32. The van der Waals surface area contributed by atoms with Gasteiger partial charge in [-0.1, -0.05) is 18.5 Å². The molecule has 138 valence electrons. The molecule has 0 aliphatic rings. The normalized spacial score (nSPS) is 10.6. The van der Waals surface area contributed by atoms with Crippen LogP contribution in [0, 0.1) is 11.3 Å². The van der Waals surface area contributed by atoms with Gasteiger partial charge in [-0.3, -0.25) is 0 Å². The second-order valence-corrected chi connectivity index (χ2v) is 6.29. The van der Waals surface area contributed by atoms with Crippen molar-refractivity contribution in [2.45, 2.75) is 26.9 Å². The molecule has 1 heterocycles. The summed E-state index contributed by atoms with van der Waals surface area (Å²) < 4.78 is 16.7. The third-order valence-electron chi connectivity index (χ3n) is 4.13. The Hall–Kier alpha value is -2.97. The molecule has 5 nitrogen and oxygen atoms in total. The predicted molar refractivity (Wildman–Crippen MR) is 104 cm³/mol. The molecule has 6 heteroatoms. The van der Waals surface area contributed by atoms with Crippen LogP contribution in [0.15, 0.2) is 45.6 Å². The van der Waals surface area contributed by atoms with Crippen LogP contribution in [-0.4, -0.2) is 6.61 Å². The van der Waals surface area contributed by atoms with Crippen molar-refractivity contribution in [1.29, 1.82) is 5.26 Å². The smallest absolute Gasteiger partial charge is 0.336 e. The summed E-state index contributed by atoms with van der Waals surface area (Å²) in [6.07, 6.45) is 0.738. The quantitative estimate of drug-likeness (QED) is 0.568. The second-order valence-electron chi connectivity index (χ2n) is 5.88. The fourth-order valence-corrected chi connectivity index (χ4v) is 3.10. The van der Waals surface area contributed by atoms with E-state index in [0.29, 0.717) is 39.8 Å². The molecule has 0 bridgehead atoms. The first-order chi connectivity index (χ1) is 13.0. The van der Waals surface area contributed by atoms with Crippen LogP contribution in [0.3, 0.4) is 0 Å². The molecule has 0 spiro atoms. The highest BCUT2D eigenvalue weighted by Crippen LogP contribution is 2.31. The van der Waals surface area contributed by atoms with Crippen molar-refractivity contribution in [1.82, 2.24) is 0 Å². The minimum Gasteiger partial charge on any atom is -0.490 e. The zero-order chi connectivity index (χ0) is 19.4. The summed E-state index contributed by atoms with van der Waals surface area (Å²) in [5, 5.41) is 10.4. The summed E-state index contributed by atoms with van der Waals surface area (Å²) in [6.45, 7) is 4.42. The lowest BCUT2D eigenvalue weighted by molar-refractivity contribution is 0.269. The number of ether oxygens (including phenoxy) is 2. The third kappa shape index (κ3) is 4.07. The summed E-state index contributed by atoms with van der Waals surface area (Å²) in [5.74, 6) is 0.976. The van der Waals surface area contributed by atoms with Gasteiger partial charge in [0.15, 0.2) is 11.5 Å². The summed E-state index contributed by atoms with van der Waals surface area (Å²) in [5.41, 5.74) is 2.09. The van der Waals surface area contributed by atoms with Gasteiger partial charge in [0.05, 0.1) is 18.2 Å². The zero-order valence-electron chi connectivity index (χ0n) is 15.0. The minimum absolute atomic E-state index is 0.135. The first kappa shape index (κ1) is 18.8. The van der Waals surface area contributed by atoms with Crippen molar-refractivity contribution in [2.75, 3.05) is 6.61 Å². The molecule has 0 fully saturated rings. The highest BCUT2D eigenvalue weighted by Gasteiger charge is 2.12. The van der Waals surface area contributed by atoms with Crippen LogP contribution in [0.25, 0.3) is 11.0 Å². The molecule has 0 atom stereocenters. The van der Waals surface area contributed by atoms with Crippen molar-refractivity contribution in [2.24, 2.45) is 0 Å². The Labute approximate surface area is 161 Å². The number of benzene rings is 2. The number of hydrogen-bond acceptors (Lipinski definition) is 5. The molecule has 0 saturated carbocycles. The predicted octanol–water partition coefficient (Wildman–Crippen LogP) is 4.86. The molecular formula is C21H18ClNO4. The number of nitrogens with zero attached hydrogens (tertiary/aromatic N) is 1. The molecule has 0 amide bonds. The number of rotatable bonds is 6. The van der Waals surface area contributed by atoms with Gasteiger partial charge in [-0.05, 0) is 43.2 Å². The van der Waals surface area contributed by atoms with E-state index in [0.717, 1.165) is 17.4 Å². The SMILES string of the molecule is CCOc1cc(C#N)ccc1OCc1cc(=O)oc2cc(CC)c(Cl)cc12. The average Bonchev–Trinajstić information content (AvgIpc) is 2.66. The van der Waals surface area contributed by atoms with E-state index in [1.165, 1.54) is 6.07 Å². The van der Waals surface area contributed by atoms with E-state index in [4.69, 9.17) is 30.8 Å². The van der Waals surface area contributed by atoms with E-state index in [9.17, 15) is 4.79 Å². The van der Waals surface area contributed by atoms with Crippen LogP contribution >= 0.6 is 11.6 Å². The van der Waals surface area contributed by atoms with E-state index < -0.39 is 5.63 Å². The van der Waals surface area contributed by atoms with Gasteiger partial charge in [-0.25, -0.2) is 4.79 Å². The summed E-state index contributed by atoms with van der Waals surface area (Å²) in [4.78, 5) is 11.9. The van der Waals surface area contributed by atoms with Crippen molar-refractivity contribution in [3.8, 4) is 17.6 Å². The molecular weight excluding hydrogens is 366 g/mol. The molecule has 1 aromatic heterocycles. The number of aryl methyl sites for hydroxylation is 1. The Balaban J connectivity index is 1.97. The summed E-state index contributed by atoms with van der Waals surface area (Å²) in [6, 6.07) is 12.0. The Morgan fingerprint density at radius 1 is 1.07 bits per heavy atom. The van der Waals surface area contributed by atoms with Crippen LogP contribution in [-0.2, 0) is 13.0 Å². The first-order valence-corrected chi connectivity index (χ1v) is 8.98. The molecule has 0 radical (unpaired) electrons. The summed E-state index contributed by atoms with van der Waals surface area (Å²) in [7, 11) is 0. The molecule has 2 aromatic carbocycles. The van der Waals surface area contributed by atoms with Gasteiger partial charge in [0, 0.05) is 28.1 Å². The van der Waals surface area contributed by atoms with Gasteiger partial charge in [0.1, 0.15) is 12.2 Å². The minimum atomic E-state index is -0.449. The Morgan fingerprint density at radius 3 is 2.59 bits per heavy atom. The van der Waals surface area contributed by atoms with Crippen LogP contribution < -0.4 is 15.1 Å². The number of nitriles is 1. The highest BCUT2D eigenvalue weighted by atomic mass is 35.5. The number of fused-ring (bicyclic) bond motifs is 1. The maximum Gasteiger partial charge on any atom is 0.336 e. The number of halogens is 1. The maximum absolute atomic E-state index is 11.9. The second kappa shape index (κ2) is 8.15. The Morgan fingerprint density at radius 2 is 1.89 bits per heavy atom. The van der Waals surface area contributed by atoms with Gasteiger partial charge in [0.25, 0.3) is 0 Å². The van der Waals surface area contributed by atoms with Crippen LogP contribution in [0.5, 0.6) is 11.5 Å². The van der Waals surface area contributed by atoms with Gasteiger partial charge >= 0.3 is 5.63 Å². The lowest BCUT2D eigenvalue weighted by Gasteiger charge is -2.13. The lowest BCUT2D eigenvalue weighted by Crippen LogP contribution is -2.05. The van der Waals surface area contributed by atoms with Crippen molar-refractivity contribution >= 4 is 22.6 Å². The molecule has 0 aliphatic carbocycles. The molecule has 0 aliphatic heterocycles. The van der Waals surface area contributed by atoms with Crippen molar-refractivity contribution in [3.05, 3.63) is 68.5 Å². The van der Waals surface area contributed by atoms with Crippen LogP contribution in [0.2, 0.25) is 5.02 Å². The molecule has 0 saturated heterocycles. The third-order valence-corrected chi connectivity index (χ3v) is 4.49. The van der Waals surface area contributed by atoms with Crippen LogP contribution in [0.1, 0.15) is 30.5 Å². The lowest BCUT2D eigenvalue weighted by atomic mass is 10.1. The van der Waals surface area contributed by atoms with Crippen LogP contribution in [0.4, 0.5) is 0 Å². The standard InChI is InChI=1S/C21H18ClNO4/c1-3-14-8-19-16(10-17(14)22)15(9-21(24)27-19)12-26-18-6-5-13(11-23)7-20(18)25-4-2/h5-10H,3-4,12H2,1-2H3. The monoisotopic (exact) mass is 383 g/mol. The fourth-order valence-electron chi connectivity index (χ4n) is 2.80. The van der Waals surface area contributed by atoms with E-state index >= 15 is 0 Å². The molecule has 27 heavy (non-hydrogen) atoms. The van der Waals surface area contributed by atoms with Gasteiger partial charge in [0.2, 0.25) is 0 Å². The average molecular weight is 384 g/mol. The number of hydrogen-bond donors (Lipinski definition) is 0. The zero-order valence-corrected chi connectivity index (χ0v) is 15.8. The highest BCUT2D eigenvalue weighted by molar-refractivity contribution is 6.32. The van der Waals surface area contributed by atoms with Gasteiger partial charge in [-0.15, -0.1) is 0 Å². The van der Waals surface area contributed by atoms with E-state index in [1.807, 2.05) is 13.8 Å². The molecule has 3 aromatic rings.